The van der Waals surface area contributed by atoms with Crippen LogP contribution in [-0.2, 0) is 9.53 Å². The first-order chi connectivity index (χ1) is 11.1. The molecule has 0 heterocycles. The zero-order valence-corrected chi connectivity index (χ0v) is 14.1. The summed E-state index contributed by atoms with van der Waals surface area (Å²) in [5.74, 6) is -0.132. The zero-order valence-electron chi connectivity index (χ0n) is 13.3. The van der Waals surface area contributed by atoms with Gasteiger partial charge in [-0.25, -0.2) is 0 Å². The fourth-order valence-electron chi connectivity index (χ4n) is 2.20. The molecule has 1 amide bonds. The Labute approximate surface area is 141 Å². The van der Waals surface area contributed by atoms with Crippen LogP contribution in [-0.4, -0.2) is 26.2 Å². The zero-order chi connectivity index (χ0) is 16.7. The summed E-state index contributed by atoms with van der Waals surface area (Å²) in [7, 11) is 1.63. The van der Waals surface area contributed by atoms with Gasteiger partial charge in [0.1, 0.15) is 6.04 Å². The molecule has 2 rings (SSSR count). The topological polar surface area (TPSA) is 50.4 Å². The van der Waals surface area contributed by atoms with Crippen molar-refractivity contribution in [1.82, 2.24) is 5.32 Å². The van der Waals surface area contributed by atoms with Gasteiger partial charge in [-0.15, -0.1) is 0 Å². The predicted molar refractivity (Wildman–Crippen MR) is 93.9 cm³/mol. The molecule has 0 saturated carbocycles. The lowest BCUT2D eigenvalue weighted by molar-refractivity contribution is -0.118. The number of aryl methyl sites for hydroxylation is 1. The van der Waals surface area contributed by atoms with Gasteiger partial charge < -0.3 is 10.1 Å². The van der Waals surface area contributed by atoms with Crippen molar-refractivity contribution in [3.63, 3.8) is 0 Å². The number of nitrogens with one attached hydrogen (secondary N) is 2. The third kappa shape index (κ3) is 5.06. The average Bonchev–Trinajstić information content (AvgIpc) is 2.56. The second-order valence-corrected chi connectivity index (χ2v) is 5.65. The molecule has 0 fully saturated rings. The number of methoxy groups -OCH3 is 1. The van der Waals surface area contributed by atoms with Crippen molar-refractivity contribution in [3.8, 4) is 0 Å². The highest BCUT2D eigenvalue weighted by Crippen LogP contribution is 2.21. The van der Waals surface area contributed by atoms with Crippen LogP contribution in [0.1, 0.15) is 17.2 Å². The molecule has 1 atom stereocenters. The van der Waals surface area contributed by atoms with Gasteiger partial charge in [0.25, 0.3) is 0 Å². The van der Waals surface area contributed by atoms with Gasteiger partial charge in [0.2, 0.25) is 5.91 Å². The van der Waals surface area contributed by atoms with Crippen LogP contribution in [0.2, 0.25) is 5.02 Å². The molecule has 2 aromatic rings. The van der Waals surface area contributed by atoms with E-state index in [-0.39, 0.29) is 5.91 Å². The van der Waals surface area contributed by atoms with Crippen LogP contribution in [0.25, 0.3) is 0 Å². The molecule has 5 heteroatoms. The highest BCUT2D eigenvalue weighted by Gasteiger charge is 2.20. The van der Waals surface area contributed by atoms with Gasteiger partial charge in [-0.3, -0.25) is 10.1 Å². The summed E-state index contributed by atoms with van der Waals surface area (Å²) in [5.41, 5.74) is 2.56. The predicted octanol–water partition coefficient (Wildman–Crippen LogP) is 3.56. The summed E-state index contributed by atoms with van der Waals surface area (Å²) >= 11 is 6.11. The molecule has 122 valence electrons. The Bertz CT molecular complexity index is 647. The number of anilines is 1. The molecule has 0 bridgehead atoms. The van der Waals surface area contributed by atoms with E-state index in [4.69, 9.17) is 16.3 Å². The van der Waals surface area contributed by atoms with Crippen LogP contribution in [0.3, 0.4) is 0 Å². The first-order valence-electron chi connectivity index (χ1n) is 7.46. The van der Waals surface area contributed by atoms with Crippen LogP contribution in [0.15, 0.2) is 48.5 Å². The lowest BCUT2D eigenvalue weighted by Gasteiger charge is -2.19. The Morgan fingerprint density at radius 1 is 1.22 bits per heavy atom. The van der Waals surface area contributed by atoms with Gasteiger partial charge in [0.05, 0.1) is 6.61 Å². The molecule has 4 nitrogen and oxygen atoms in total. The lowest BCUT2D eigenvalue weighted by Crippen LogP contribution is -2.34. The van der Waals surface area contributed by atoms with Gasteiger partial charge in [0.15, 0.2) is 0 Å². The number of benzene rings is 2. The van der Waals surface area contributed by atoms with E-state index >= 15 is 0 Å². The Hall–Kier alpha value is -1.88. The number of rotatable bonds is 7. The number of hydrogen-bond acceptors (Lipinski definition) is 3. The van der Waals surface area contributed by atoms with Gasteiger partial charge in [-0.05, 0) is 30.2 Å². The van der Waals surface area contributed by atoms with E-state index in [1.165, 1.54) is 0 Å². The first kappa shape index (κ1) is 17.5. The first-order valence-corrected chi connectivity index (χ1v) is 7.84. The average molecular weight is 333 g/mol. The number of carbonyl (C=O) groups is 1. The SMILES string of the molecule is COCCNC(C(=O)Nc1ccc(C)c(Cl)c1)c1ccccc1. The highest BCUT2D eigenvalue weighted by molar-refractivity contribution is 6.31. The maximum atomic E-state index is 12.6. The van der Waals surface area contributed by atoms with Crippen molar-refractivity contribution in [2.24, 2.45) is 0 Å². The number of hydrogen-bond donors (Lipinski definition) is 2. The normalized spacial score (nSPS) is 12.0. The minimum atomic E-state index is -0.452. The van der Waals surface area contributed by atoms with E-state index in [1.807, 2.05) is 49.4 Å². The molecule has 0 aliphatic rings. The van der Waals surface area contributed by atoms with E-state index in [1.54, 1.807) is 13.2 Å². The maximum Gasteiger partial charge on any atom is 0.246 e. The van der Waals surface area contributed by atoms with Gasteiger partial charge >= 0.3 is 0 Å². The maximum absolute atomic E-state index is 12.6. The highest BCUT2D eigenvalue weighted by atomic mass is 35.5. The molecule has 0 aliphatic carbocycles. The summed E-state index contributed by atoms with van der Waals surface area (Å²) in [4.78, 5) is 12.6. The number of carbonyl (C=O) groups excluding carboxylic acids is 1. The molecule has 2 aromatic carbocycles. The second-order valence-electron chi connectivity index (χ2n) is 5.24. The quantitative estimate of drug-likeness (QED) is 0.762. The molecular weight excluding hydrogens is 312 g/mol. The van der Waals surface area contributed by atoms with Crippen molar-refractivity contribution in [2.45, 2.75) is 13.0 Å². The summed E-state index contributed by atoms with van der Waals surface area (Å²) in [6.07, 6.45) is 0. The largest absolute Gasteiger partial charge is 0.383 e. The molecule has 0 aromatic heterocycles. The van der Waals surface area contributed by atoms with Crippen LogP contribution < -0.4 is 10.6 Å². The smallest absolute Gasteiger partial charge is 0.246 e. The van der Waals surface area contributed by atoms with Crippen LogP contribution in [0.5, 0.6) is 0 Å². The van der Waals surface area contributed by atoms with Crippen molar-refractivity contribution in [1.29, 1.82) is 0 Å². The molecule has 0 aliphatic heterocycles. The van der Waals surface area contributed by atoms with Crippen LogP contribution >= 0.6 is 11.6 Å². The van der Waals surface area contributed by atoms with Crippen LogP contribution in [0.4, 0.5) is 5.69 Å². The fourth-order valence-corrected chi connectivity index (χ4v) is 2.38. The van der Waals surface area contributed by atoms with Crippen molar-refractivity contribution < 1.29 is 9.53 Å². The number of halogens is 1. The Balaban J connectivity index is 2.13. The van der Waals surface area contributed by atoms with Crippen molar-refractivity contribution in [2.75, 3.05) is 25.6 Å². The van der Waals surface area contributed by atoms with E-state index < -0.39 is 6.04 Å². The lowest BCUT2D eigenvalue weighted by atomic mass is 10.1. The molecule has 2 N–H and O–H groups in total. The number of amides is 1. The van der Waals surface area contributed by atoms with Crippen LogP contribution in [0, 0.1) is 6.92 Å². The van der Waals surface area contributed by atoms with E-state index in [9.17, 15) is 4.79 Å². The van der Waals surface area contributed by atoms with E-state index in [2.05, 4.69) is 10.6 Å². The molecule has 1 unspecified atom stereocenters. The third-order valence-corrected chi connectivity index (χ3v) is 3.90. The minimum absolute atomic E-state index is 0.132. The van der Waals surface area contributed by atoms with Crippen molar-refractivity contribution >= 4 is 23.2 Å². The van der Waals surface area contributed by atoms with Crippen molar-refractivity contribution in [3.05, 3.63) is 64.7 Å². The molecule has 0 spiro atoms. The second kappa shape index (κ2) is 8.67. The fraction of sp³-hybridized carbons (Fsp3) is 0.278. The summed E-state index contributed by atoms with van der Waals surface area (Å²) in [5, 5.41) is 6.75. The van der Waals surface area contributed by atoms with E-state index in [0.29, 0.717) is 23.9 Å². The Morgan fingerprint density at radius 3 is 2.61 bits per heavy atom. The monoisotopic (exact) mass is 332 g/mol. The van der Waals surface area contributed by atoms with Gasteiger partial charge in [-0.2, -0.15) is 0 Å². The molecular formula is C18H21ClN2O2. The summed E-state index contributed by atoms with van der Waals surface area (Å²) in [6.45, 7) is 3.04. The standard InChI is InChI=1S/C18H21ClN2O2/c1-13-8-9-15(12-16(13)19)21-18(22)17(20-10-11-23-2)14-6-4-3-5-7-14/h3-9,12,17,20H,10-11H2,1-2H3,(H,21,22). The Kier molecular flexibility index (Phi) is 6.59. The van der Waals surface area contributed by atoms with Gasteiger partial charge in [-0.1, -0.05) is 48.0 Å². The van der Waals surface area contributed by atoms with Gasteiger partial charge in [0, 0.05) is 24.4 Å². The summed E-state index contributed by atoms with van der Waals surface area (Å²) < 4.78 is 5.04. The molecule has 0 radical (unpaired) electrons. The van der Waals surface area contributed by atoms with E-state index in [0.717, 1.165) is 11.1 Å². The molecule has 23 heavy (non-hydrogen) atoms. The molecule has 0 saturated heterocycles. The Morgan fingerprint density at radius 2 is 1.96 bits per heavy atom. The summed E-state index contributed by atoms with van der Waals surface area (Å²) in [6, 6.07) is 14.6. The third-order valence-electron chi connectivity index (χ3n) is 3.49. The minimum Gasteiger partial charge on any atom is -0.383 e. The number of ether oxygens (including phenoxy) is 1.